The van der Waals surface area contributed by atoms with E-state index in [1.54, 1.807) is 17.1 Å². The number of nitrogens with one attached hydrogen (secondary N) is 2. The van der Waals surface area contributed by atoms with Crippen molar-refractivity contribution in [1.82, 2.24) is 20.1 Å². The van der Waals surface area contributed by atoms with Gasteiger partial charge in [0, 0.05) is 39.6 Å². The van der Waals surface area contributed by atoms with Crippen LogP contribution in [0.5, 0.6) is 0 Å². The number of anilines is 2. The van der Waals surface area contributed by atoms with Crippen molar-refractivity contribution in [3.63, 3.8) is 0 Å². The number of carbonyl (C=O) groups is 1. The van der Waals surface area contributed by atoms with Gasteiger partial charge >= 0.3 is 6.03 Å². The van der Waals surface area contributed by atoms with E-state index in [-0.39, 0.29) is 12.1 Å². The number of urea groups is 1. The van der Waals surface area contributed by atoms with Gasteiger partial charge < -0.3 is 20.3 Å². The maximum absolute atomic E-state index is 12.0. The zero-order valence-electron chi connectivity index (χ0n) is 14.6. The number of hydrogen-bond acceptors (Lipinski definition) is 5. The predicted molar refractivity (Wildman–Crippen MR) is 95.6 cm³/mol. The molecule has 2 N–H and O–H groups in total. The number of hydrogen-bond donors (Lipinski definition) is 2. The van der Waals surface area contributed by atoms with Crippen molar-refractivity contribution >= 4 is 17.5 Å². The third-order valence-corrected chi connectivity index (χ3v) is 4.03. The first kappa shape index (κ1) is 17.2. The molecule has 134 valence electrons. The molecule has 1 unspecified atom stereocenters. The minimum atomic E-state index is -0.264. The van der Waals surface area contributed by atoms with Crippen LogP contribution in [0.1, 0.15) is 18.4 Å². The van der Waals surface area contributed by atoms with Gasteiger partial charge in [-0.1, -0.05) is 0 Å². The first-order valence-electron chi connectivity index (χ1n) is 8.41. The summed E-state index contributed by atoms with van der Waals surface area (Å²) in [6.07, 6.45) is 7.58. The molecule has 0 saturated carbocycles. The van der Waals surface area contributed by atoms with Gasteiger partial charge in [-0.15, -0.1) is 0 Å². The van der Waals surface area contributed by atoms with Crippen molar-refractivity contribution in [2.75, 3.05) is 30.9 Å². The summed E-state index contributed by atoms with van der Waals surface area (Å²) in [5.74, 6) is 0.857. The summed E-state index contributed by atoms with van der Waals surface area (Å²) in [6, 6.07) is 3.56. The van der Waals surface area contributed by atoms with Gasteiger partial charge in [0.2, 0.25) is 0 Å². The van der Waals surface area contributed by atoms with Crippen LogP contribution in [-0.2, 0) is 17.8 Å². The summed E-state index contributed by atoms with van der Waals surface area (Å²) in [5.41, 5.74) is 1.65. The Bertz CT molecular complexity index is 709. The molecule has 25 heavy (non-hydrogen) atoms. The van der Waals surface area contributed by atoms with Gasteiger partial charge in [-0.3, -0.25) is 4.68 Å². The molecule has 8 nitrogen and oxygen atoms in total. The number of carbonyl (C=O) groups excluding carboxylic acids is 1. The van der Waals surface area contributed by atoms with E-state index in [0.717, 1.165) is 30.8 Å². The summed E-state index contributed by atoms with van der Waals surface area (Å²) in [4.78, 5) is 18.2. The van der Waals surface area contributed by atoms with E-state index in [1.165, 1.54) is 0 Å². The minimum Gasteiger partial charge on any atom is -0.376 e. The van der Waals surface area contributed by atoms with Gasteiger partial charge in [0.1, 0.15) is 5.82 Å². The van der Waals surface area contributed by atoms with Crippen LogP contribution >= 0.6 is 0 Å². The second-order valence-electron chi connectivity index (χ2n) is 6.31. The normalized spacial score (nSPS) is 16.6. The number of aromatic nitrogens is 3. The standard InChI is InChI=1S/C17H24N6O2/c1-22(2)16-8-13(5-6-18-16)9-19-17(24)21-14-10-20-23(11-14)12-15-4-3-7-25-15/h5-6,8,10-11,15H,3-4,7,9,12H2,1-2H3,(H2,19,21,24). The third-order valence-electron chi connectivity index (χ3n) is 4.03. The number of rotatable bonds is 6. The van der Waals surface area contributed by atoms with Crippen LogP contribution in [0.4, 0.5) is 16.3 Å². The van der Waals surface area contributed by atoms with E-state index >= 15 is 0 Å². The second-order valence-corrected chi connectivity index (χ2v) is 6.31. The molecule has 0 aromatic carbocycles. The topological polar surface area (TPSA) is 84.3 Å². The maximum Gasteiger partial charge on any atom is 0.319 e. The average Bonchev–Trinajstić information content (AvgIpc) is 3.26. The highest BCUT2D eigenvalue weighted by molar-refractivity contribution is 5.88. The van der Waals surface area contributed by atoms with E-state index in [0.29, 0.717) is 18.8 Å². The van der Waals surface area contributed by atoms with E-state index in [1.807, 2.05) is 37.3 Å². The van der Waals surface area contributed by atoms with Crippen molar-refractivity contribution in [3.8, 4) is 0 Å². The lowest BCUT2D eigenvalue weighted by atomic mass is 10.2. The zero-order valence-corrected chi connectivity index (χ0v) is 14.6. The van der Waals surface area contributed by atoms with Crippen molar-refractivity contribution in [1.29, 1.82) is 0 Å². The molecule has 1 aliphatic rings. The van der Waals surface area contributed by atoms with Crippen LogP contribution < -0.4 is 15.5 Å². The number of nitrogens with zero attached hydrogens (tertiary/aromatic N) is 4. The summed E-state index contributed by atoms with van der Waals surface area (Å²) >= 11 is 0. The van der Waals surface area contributed by atoms with Crippen molar-refractivity contribution in [2.24, 2.45) is 0 Å². The Kier molecular flexibility index (Phi) is 5.49. The van der Waals surface area contributed by atoms with Gasteiger partial charge in [0.15, 0.2) is 0 Å². The first-order chi connectivity index (χ1) is 12.1. The largest absolute Gasteiger partial charge is 0.376 e. The fourth-order valence-corrected chi connectivity index (χ4v) is 2.70. The molecule has 0 aliphatic carbocycles. The van der Waals surface area contributed by atoms with Crippen molar-refractivity contribution in [2.45, 2.75) is 32.0 Å². The van der Waals surface area contributed by atoms with E-state index in [9.17, 15) is 4.79 Å². The van der Waals surface area contributed by atoms with Crippen LogP contribution in [0.3, 0.4) is 0 Å². The summed E-state index contributed by atoms with van der Waals surface area (Å²) in [7, 11) is 3.86. The highest BCUT2D eigenvalue weighted by Crippen LogP contribution is 2.15. The summed E-state index contributed by atoms with van der Waals surface area (Å²) in [6.45, 7) is 1.97. The number of pyridine rings is 1. The molecular formula is C17H24N6O2. The molecule has 1 fully saturated rings. The molecule has 1 saturated heterocycles. The molecule has 2 aromatic rings. The van der Waals surface area contributed by atoms with Crippen LogP contribution in [0.15, 0.2) is 30.7 Å². The molecule has 2 amide bonds. The third kappa shape index (κ3) is 4.93. The highest BCUT2D eigenvalue weighted by atomic mass is 16.5. The van der Waals surface area contributed by atoms with Gasteiger partial charge in [-0.2, -0.15) is 5.10 Å². The number of ether oxygens (including phenoxy) is 1. The van der Waals surface area contributed by atoms with Gasteiger partial charge in [-0.25, -0.2) is 9.78 Å². The molecule has 0 spiro atoms. The molecule has 3 heterocycles. The Morgan fingerprint density at radius 3 is 3.12 bits per heavy atom. The lowest BCUT2D eigenvalue weighted by Gasteiger charge is -2.12. The Hall–Kier alpha value is -2.61. The first-order valence-corrected chi connectivity index (χ1v) is 8.41. The Balaban J connectivity index is 1.47. The quantitative estimate of drug-likeness (QED) is 0.835. The Labute approximate surface area is 147 Å². The molecule has 1 atom stereocenters. The minimum absolute atomic E-state index is 0.221. The molecule has 8 heteroatoms. The maximum atomic E-state index is 12.0. The summed E-state index contributed by atoms with van der Waals surface area (Å²) < 4.78 is 7.40. The van der Waals surface area contributed by atoms with Crippen molar-refractivity contribution in [3.05, 3.63) is 36.3 Å². The van der Waals surface area contributed by atoms with Gasteiger partial charge in [0.05, 0.1) is 24.5 Å². The average molecular weight is 344 g/mol. The Morgan fingerprint density at radius 2 is 2.36 bits per heavy atom. The highest BCUT2D eigenvalue weighted by Gasteiger charge is 2.16. The molecule has 0 bridgehead atoms. The van der Waals surface area contributed by atoms with E-state index in [4.69, 9.17) is 4.74 Å². The number of amides is 2. The molecule has 2 aromatic heterocycles. The Morgan fingerprint density at radius 1 is 1.48 bits per heavy atom. The molecular weight excluding hydrogens is 320 g/mol. The van der Waals surface area contributed by atoms with Crippen LogP contribution in [0, 0.1) is 0 Å². The molecule has 3 rings (SSSR count). The lowest BCUT2D eigenvalue weighted by molar-refractivity contribution is 0.0940. The SMILES string of the molecule is CN(C)c1cc(CNC(=O)Nc2cnn(CC3CCCO3)c2)ccn1. The molecule has 1 aliphatic heterocycles. The fourth-order valence-electron chi connectivity index (χ4n) is 2.70. The predicted octanol–water partition coefficient (Wildman–Crippen LogP) is 1.84. The van der Waals surface area contributed by atoms with Gasteiger partial charge in [-0.05, 0) is 30.5 Å². The van der Waals surface area contributed by atoms with Crippen LogP contribution in [0.2, 0.25) is 0 Å². The zero-order chi connectivity index (χ0) is 17.6. The second kappa shape index (κ2) is 7.98. The van der Waals surface area contributed by atoms with Gasteiger partial charge in [0.25, 0.3) is 0 Å². The fraction of sp³-hybridized carbons (Fsp3) is 0.471. The molecule has 0 radical (unpaired) electrons. The lowest BCUT2D eigenvalue weighted by Crippen LogP contribution is -2.28. The van der Waals surface area contributed by atoms with E-state index in [2.05, 4.69) is 20.7 Å². The summed E-state index contributed by atoms with van der Waals surface area (Å²) in [5, 5.41) is 9.89. The van der Waals surface area contributed by atoms with Crippen LogP contribution in [-0.4, -0.2) is 47.6 Å². The van der Waals surface area contributed by atoms with Crippen LogP contribution in [0.25, 0.3) is 0 Å². The monoisotopic (exact) mass is 344 g/mol. The van der Waals surface area contributed by atoms with Crippen molar-refractivity contribution < 1.29 is 9.53 Å². The van der Waals surface area contributed by atoms with E-state index < -0.39 is 0 Å². The smallest absolute Gasteiger partial charge is 0.319 e.